The van der Waals surface area contributed by atoms with Crippen LogP contribution in [0.2, 0.25) is 0 Å². The van der Waals surface area contributed by atoms with E-state index in [2.05, 4.69) is 29.8 Å². The van der Waals surface area contributed by atoms with Crippen LogP contribution in [0.1, 0.15) is 58.4 Å². The summed E-state index contributed by atoms with van der Waals surface area (Å²) in [5.41, 5.74) is 0.0892. The molecular formula is C28H40F2N4O7. The van der Waals surface area contributed by atoms with Crippen molar-refractivity contribution in [2.75, 3.05) is 26.8 Å². The average molecular weight is 583 g/mol. The first kappa shape index (κ1) is 33.4. The van der Waals surface area contributed by atoms with Crippen LogP contribution in [0, 0.1) is 17.6 Å². The lowest BCUT2D eigenvalue weighted by molar-refractivity contribution is -0.157. The maximum absolute atomic E-state index is 13.8. The van der Waals surface area contributed by atoms with Crippen LogP contribution < -0.4 is 16.0 Å². The van der Waals surface area contributed by atoms with E-state index in [0.29, 0.717) is 44.3 Å². The molecule has 1 aromatic rings. The van der Waals surface area contributed by atoms with E-state index < -0.39 is 60.2 Å². The molecular weight excluding hydrogens is 542 g/mol. The van der Waals surface area contributed by atoms with Crippen molar-refractivity contribution in [2.24, 2.45) is 5.92 Å². The Balaban J connectivity index is 2.11. The summed E-state index contributed by atoms with van der Waals surface area (Å²) in [4.78, 5) is 64.0. The molecule has 3 N–H and O–H groups in total. The van der Waals surface area contributed by atoms with Crippen molar-refractivity contribution in [1.82, 2.24) is 20.9 Å². The molecule has 41 heavy (non-hydrogen) atoms. The van der Waals surface area contributed by atoms with E-state index in [1.807, 2.05) is 0 Å². The van der Waals surface area contributed by atoms with Crippen molar-refractivity contribution >= 4 is 29.8 Å². The average Bonchev–Trinajstić information content (AvgIpc) is 3.42. The predicted octanol–water partition coefficient (Wildman–Crippen LogP) is 2.21. The molecule has 1 fully saturated rings. The Labute approximate surface area is 238 Å². The summed E-state index contributed by atoms with van der Waals surface area (Å²) in [6.07, 6.45) is 3.33. The van der Waals surface area contributed by atoms with Crippen molar-refractivity contribution in [3.8, 4) is 0 Å². The highest BCUT2D eigenvalue weighted by molar-refractivity contribution is 5.91. The number of hydrogen-bond donors (Lipinski definition) is 3. The summed E-state index contributed by atoms with van der Waals surface area (Å²) in [5, 5.41) is 7.53. The number of hydrogen-bond acceptors (Lipinski definition) is 7. The van der Waals surface area contributed by atoms with Crippen LogP contribution in [0.15, 0.2) is 18.2 Å². The third-order valence-corrected chi connectivity index (χ3v) is 6.96. The Kier molecular flexibility index (Phi) is 13.4. The second kappa shape index (κ2) is 16.5. The highest BCUT2D eigenvalue weighted by Crippen LogP contribution is 2.19. The standard InChI is InChI=1S/C28H40F2N4O7/c1-5-17(2)8-6-10-31-28(39)33-22(14-19-12-20(29)15-21(30)13-19)25(36)32-23(26(37)40-4)16-41-27(38)24-9-7-11-34(24)18(3)35/h12-13,15,17,22-24H,5-11,14,16H2,1-4H3,(H,32,36)(H2,31,33,39)/t17?,22-,23?,24?/m0/s1. The van der Waals surface area contributed by atoms with Crippen LogP contribution >= 0.6 is 0 Å². The molecule has 0 aliphatic carbocycles. The van der Waals surface area contributed by atoms with Gasteiger partial charge in [-0.2, -0.15) is 0 Å². The number of urea groups is 1. The maximum atomic E-state index is 13.8. The SMILES string of the molecule is CCC(C)CCCNC(=O)N[C@@H](Cc1cc(F)cc(F)c1)C(=O)NC(COC(=O)C1CCCN1C(C)=O)C(=O)OC. The van der Waals surface area contributed by atoms with Crippen LogP contribution in [0.3, 0.4) is 0 Å². The smallest absolute Gasteiger partial charge is 0.331 e. The number of amides is 4. The first-order valence-corrected chi connectivity index (χ1v) is 13.8. The second-order valence-corrected chi connectivity index (χ2v) is 10.2. The minimum Gasteiger partial charge on any atom is -0.467 e. The molecule has 228 valence electrons. The molecule has 1 heterocycles. The van der Waals surface area contributed by atoms with E-state index in [0.717, 1.165) is 32.1 Å². The van der Waals surface area contributed by atoms with E-state index in [9.17, 15) is 32.8 Å². The van der Waals surface area contributed by atoms with Crippen LogP contribution in [-0.4, -0.2) is 79.6 Å². The fourth-order valence-corrected chi connectivity index (χ4v) is 4.47. The van der Waals surface area contributed by atoms with Gasteiger partial charge >= 0.3 is 18.0 Å². The fourth-order valence-electron chi connectivity index (χ4n) is 4.47. The maximum Gasteiger partial charge on any atom is 0.331 e. The van der Waals surface area contributed by atoms with Crippen molar-refractivity contribution in [1.29, 1.82) is 0 Å². The summed E-state index contributed by atoms with van der Waals surface area (Å²) in [6, 6.07) is -1.56. The first-order chi connectivity index (χ1) is 19.4. The Bertz CT molecular complexity index is 1070. The number of methoxy groups -OCH3 is 1. The van der Waals surface area contributed by atoms with Gasteiger partial charge in [0.25, 0.3) is 0 Å². The van der Waals surface area contributed by atoms with Gasteiger partial charge in [-0.1, -0.05) is 20.3 Å². The lowest BCUT2D eigenvalue weighted by Crippen LogP contribution is -2.55. The number of benzene rings is 1. The van der Waals surface area contributed by atoms with Gasteiger partial charge in [0.1, 0.15) is 30.3 Å². The lowest BCUT2D eigenvalue weighted by Gasteiger charge is -2.24. The summed E-state index contributed by atoms with van der Waals surface area (Å²) in [7, 11) is 1.08. The Morgan fingerprint density at radius 3 is 2.37 bits per heavy atom. The predicted molar refractivity (Wildman–Crippen MR) is 144 cm³/mol. The van der Waals surface area contributed by atoms with Gasteiger partial charge in [0.2, 0.25) is 11.8 Å². The number of ether oxygens (including phenoxy) is 2. The zero-order chi connectivity index (χ0) is 30.5. The second-order valence-electron chi connectivity index (χ2n) is 10.2. The molecule has 0 bridgehead atoms. The van der Waals surface area contributed by atoms with Crippen molar-refractivity contribution in [3.63, 3.8) is 0 Å². The minimum atomic E-state index is -1.45. The van der Waals surface area contributed by atoms with Gasteiger partial charge in [0.15, 0.2) is 6.04 Å². The zero-order valence-corrected chi connectivity index (χ0v) is 24.0. The number of esters is 2. The molecule has 0 radical (unpaired) electrons. The minimum absolute atomic E-state index is 0.0892. The molecule has 2 rings (SSSR count). The Morgan fingerprint density at radius 2 is 1.76 bits per heavy atom. The van der Waals surface area contributed by atoms with Gasteiger partial charge in [0.05, 0.1) is 7.11 Å². The zero-order valence-electron chi connectivity index (χ0n) is 24.0. The highest BCUT2D eigenvalue weighted by atomic mass is 19.1. The number of rotatable bonds is 14. The molecule has 1 aliphatic rings. The van der Waals surface area contributed by atoms with E-state index in [1.165, 1.54) is 11.8 Å². The molecule has 1 aromatic carbocycles. The van der Waals surface area contributed by atoms with Crippen LogP contribution in [-0.2, 0) is 35.1 Å². The van der Waals surface area contributed by atoms with Gasteiger partial charge in [0, 0.05) is 32.5 Å². The van der Waals surface area contributed by atoms with Crippen LogP contribution in [0.5, 0.6) is 0 Å². The van der Waals surface area contributed by atoms with E-state index in [1.54, 1.807) is 0 Å². The van der Waals surface area contributed by atoms with E-state index in [4.69, 9.17) is 9.47 Å². The Morgan fingerprint density at radius 1 is 1.07 bits per heavy atom. The summed E-state index contributed by atoms with van der Waals surface area (Å²) in [5.74, 6) is -4.05. The third-order valence-electron chi connectivity index (χ3n) is 6.96. The molecule has 4 amide bonds. The summed E-state index contributed by atoms with van der Waals surface area (Å²) >= 11 is 0. The van der Waals surface area contributed by atoms with Crippen molar-refractivity contribution in [2.45, 2.75) is 77.4 Å². The number of likely N-dealkylation sites (tertiary alicyclic amines) is 1. The molecule has 0 aromatic heterocycles. The lowest BCUT2D eigenvalue weighted by atomic mass is 10.0. The number of halogens is 2. The molecule has 11 nitrogen and oxygen atoms in total. The summed E-state index contributed by atoms with van der Waals surface area (Å²) in [6.45, 7) is 5.66. The number of nitrogens with one attached hydrogen (secondary N) is 3. The largest absolute Gasteiger partial charge is 0.467 e. The topological polar surface area (TPSA) is 143 Å². The normalized spacial score (nSPS) is 16.7. The molecule has 3 unspecified atom stereocenters. The monoisotopic (exact) mass is 582 g/mol. The number of carbonyl (C=O) groups excluding carboxylic acids is 5. The molecule has 0 spiro atoms. The first-order valence-electron chi connectivity index (χ1n) is 13.8. The number of carbonyl (C=O) groups is 5. The summed E-state index contributed by atoms with van der Waals surface area (Å²) < 4.78 is 37.6. The number of nitrogens with zero attached hydrogens (tertiary/aromatic N) is 1. The van der Waals surface area contributed by atoms with E-state index >= 15 is 0 Å². The van der Waals surface area contributed by atoms with E-state index in [-0.39, 0.29) is 17.9 Å². The van der Waals surface area contributed by atoms with Crippen molar-refractivity contribution < 1.29 is 42.2 Å². The van der Waals surface area contributed by atoms with Gasteiger partial charge in [-0.05, 0) is 49.3 Å². The quantitative estimate of drug-likeness (QED) is 0.225. The van der Waals surface area contributed by atoms with Gasteiger partial charge in [-0.15, -0.1) is 0 Å². The molecule has 1 saturated heterocycles. The fraction of sp³-hybridized carbons (Fsp3) is 0.607. The van der Waals surface area contributed by atoms with Crippen molar-refractivity contribution in [3.05, 3.63) is 35.4 Å². The van der Waals surface area contributed by atoms with Gasteiger partial charge < -0.3 is 30.3 Å². The highest BCUT2D eigenvalue weighted by Gasteiger charge is 2.35. The van der Waals surface area contributed by atoms with Crippen LogP contribution in [0.4, 0.5) is 13.6 Å². The van der Waals surface area contributed by atoms with Gasteiger partial charge in [-0.3, -0.25) is 9.59 Å². The molecule has 1 aliphatic heterocycles. The molecule has 13 heteroatoms. The van der Waals surface area contributed by atoms with Gasteiger partial charge in [-0.25, -0.2) is 23.2 Å². The molecule has 4 atom stereocenters. The molecule has 0 saturated carbocycles. The Hall–Kier alpha value is -3.77. The van der Waals surface area contributed by atoms with Crippen LogP contribution in [0.25, 0.3) is 0 Å². The third kappa shape index (κ3) is 11.0.